The van der Waals surface area contributed by atoms with Gasteiger partial charge in [-0.25, -0.2) is 9.78 Å². The highest BCUT2D eigenvalue weighted by atomic mass is 79.9. The third kappa shape index (κ3) is 2.76. The van der Waals surface area contributed by atoms with Crippen molar-refractivity contribution in [3.63, 3.8) is 0 Å². The van der Waals surface area contributed by atoms with E-state index in [9.17, 15) is 4.79 Å². The number of aromatic nitrogens is 1. The Bertz CT molecular complexity index is 590. The Kier molecular flexibility index (Phi) is 3.77. The number of aryl methyl sites for hydroxylation is 2. The van der Waals surface area contributed by atoms with Gasteiger partial charge in [-0.3, -0.25) is 0 Å². The van der Waals surface area contributed by atoms with E-state index < -0.39 is 5.97 Å². The topological polar surface area (TPSA) is 63.3 Å². The summed E-state index contributed by atoms with van der Waals surface area (Å²) in [6.07, 6.45) is 0. The highest BCUT2D eigenvalue weighted by Crippen LogP contribution is 2.32. The minimum absolute atomic E-state index is 0.225. The molecule has 0 atom stereocenters. The van der Waals surface area contributed by atoms with E-state index in [2.05, 4.69) is 20.9 Å². The van der Waals surface area contributed by atoms with Gasteiger partial charge in [0.15, 0.2) is 0 Å². The molecule has 1 heterocycles. The van der Waals surface area contributed by atoms with E-state index in [0.717, 1.165) is 15.9 Å². The number of aromatic carboxylic acids is 1. The van der Waals surface area contributed by atoms with Crippen molar-refractivity contribution in [1.82, 2.24) is 4.98 Å². The predicted molar refractivity (Wildman–Crippen MR) is 71.2 cm³/mol. The molecule has 0 amide bonds. The second-order valence-electron chi connectivity index (χ2n) is 3.67. The number of oxazole rings is 1. The number of hydrogen-bond acceptors (Lipinski definition) is 4. The van der Waals surface area contributed by atoms with E-state index >= 15 is 0 Å². The molecule has 0 unspecified atom stereocenters. The van der Waals surface area contributed by atoms with E-state index in [1.54, 1.807) is 18.2 Å². The highest BCUT2D eigenvalue weighted by Gasteiger charge is 2.15. The molecule has 0 saturated carbocycles. The van der Waals surface area contributed by atoms with Crippen LogP contribution in [0.5, 0.6) is 0 Å². The maximum Gasteiger partial charge on any atom is 0.336 e. The molecule has 0 aliphatic carbocycles. The lowest BCUT2D eigenvalue weighted by Gasteiger charge is -2.03. The molecule has 6 heteroatoms. The monoisotopic (exact) mass is 327 g/mol. The average molecular weight is 328 g/mol. The van der Waals surface area contributed by atoms with Gasteiger partial charge in [0.2, 0.25) is 0 Å². The second-order valence-corrected chi connectivity index (χ2v) is 5.58. The Balaban J connectivity index is 2.36. The van der Waals surface area contributed by atoms with Crippen LogP contribution in [0.3, 0.4) is 0 Å². The number of nitrogens with zero attached hydrogens (tertiary/aromatic N) is 1. The largest absolute Gasteiger partial charge is 0.478 e. The molecule has 1 aromatic heterocycles. The van der Waals surface area contributed by atoms with Gasteiger partial charge in [-0.15, -0.1) is 0 Å². The first kappa shape index (κ1) is 13.2. The maximum absolute atomic E-state index is 11.2. The molecule has 0 aliphatic rings. The van der Waals surface area contributed by atoms with Crippen molar-refractivity contribution >= 4 is 33.7 Å². The first-order chi connectivity index (χ1) is 8.47. The Hall–Kier alpha value is -1.27. The third-order valence-corrected chi connectivity index (χ3v) is 3.80. The van der Waals surface area contributed by atoms with E-state index in [4.69, 9.17) is 9.52 Å². The lowest BCUT2D eigenvalue weighted by Crippen LogP contribution is -1.98. The molecule has 0 spiro atoms. The summed E-state index contributed by atoms with van der Waals surface area (Å²) in [7, 11) is 0. The van der Waals surface area contributed by atoms with E-state index in [1.165, 1.54) is 11.8 Å². The van der Waals surface area contributed by atoms with E-state index in [1.807, 2.05) is 13.8 Å². The van der Waals surface area contributed by atoms with Crippen LogP contribution in [0.1, 0.15) is 21.8 Å². The molecular formula is C12H10BrNO3S. The summed E-state index contributed by atoms with van der Waals surface area (Å²) in [4.78, 5) is 16.0. The standard InChI is InChI=1S/C12H10BrNO3S/c1-6-7(2)17-12(14-6)18-10-4-3-8(13)5-9(10)11(15)16/h3-5H,1-2H3,(H,15,16). The Morgan fingerprint density at radius 3 is 2.72 bits per heavy atom. The number of benzene rings is 1. The molecule has 0 aliphatic heterocycles. The molecule has 94 valence electrons. The SMILES string of the molecule is Cc1nc(Sc2ccc(Br)cc2C(=O)O)oc1C. The first-order valence-electron chi connectivity index (χ1n) is 5.12. The average Bonchev–Trinajstić information content (AvgIpc) is 2.60. The van der Waals surface area contributed by atoms with Gasteiger partial charge >= 0.3 is 5.97 Å². The number of carboxylic acid groups (broad SMARTS) is 1. The lowest BCUT2D eigenvalue weighted by atomic mass is 10.2. The van der Waals surface area contributed by atoms with Crippen LogP contribution < -0.4 is 0 Å². The normalized spacial score (nSPS) is 10.6. The van der Waals surface area contributed by atoms with Gasteiger partial charge in [0.1, 0.15) is 5.76 Å². The predicted octanol–water partition coefficient (Wildman–Crippen LogP) is 3.90. The molecule has 2 aromatic rings. The quantitative estimate of drug-likeness (QED) is 0.926. The fourth-order valence-corrected chi connectivity index (χ4v) is 2.63. The van der Waals surface area contributed by atoms with Gasteiger partial charge in [0, 0.05) is 9.37 Å². The zero-order valence-corrected chi connectivity index (χ0v) is 12.1. The number of halogens is 1. The molecule has 4 nitrogen and oxygen atoms in total. The summed E-state index contributed by atoms with van der Waals surface area (Å²) < 4.78 is 6.16. The van der Waals surface area contributed by atoms with Crippen LogP contribution in [0.4, 0.5) is 0 Å². The lowest BCUT2D eigenvalue weighted by molar-refractivity contribution is 0.0693. The van der Waals surface area contributed by atoms with Crippen molar-refractivity contribution in [3.8, 4) is 0 Å². The Morgan fingerprint density at radius 1 is 1.44 bits per heavy atom. The Labute approximate surface area is 117 Å². The van der Waals surface area contributed by atoms with Crippen molar-refractivity contribution in [2.75, 3.05) is 0 Å². The summed E-state index contributed by atoms with van der Waals surface area (Å²) >= 11 is 4.46. The molecule has 0 bridgehead atoms. The summed E-state index contributed by atoms with van der Waals surface area (Å²) in [5.74, 6) is -0.231. The molecule has 1 N–H and O–H groups in total. The number of carboxylic acids is 1. The molecule has 0 fully saturated rings. The molecule has 0 saturated heterocycles. The summed E-state index contributed by atoms with van der Waals surface area (Å²) in [5, 5.41) is 9.60. The number of rotatable bonds is 3. The fourth-order valence-electron chi connectivity index (χ4n) is 1.34. The van der Waals surface area contributed by atoms with Crippen LogP contribution in [0.2, 0.25) is 0 Å². The van der Waals surface area contributed by atoms with Crippen molar-refractivity contribution in [2.24, 2.45) is 0 Å². The van der Waals surface area contributed by atoms with Crippen molar-refractivity contribution in [1.29, 1.82) is 0 Å². The molecule has 1 aromatic carbocycles. The molecule has 0 radical (unpaired) electrons. The van der Waals surface area contributed by atoms with Crippen molar-refractivity contribution in [3.05, 3.63) is 39.7 Å². The van der Waals surface area contributed by atoms with E-state index in [-0.39, 0.29) is 5.56 Å². The number of carbonyl (C=O) groups is 1. The zero-order valence-electron chi connectivity index (χ0n) is 9.73. The third-order valence-electron chi connectivity index (χ3n) is 2.38. The van der Waals surface area contributed by atoms with Gasteiger partial charge in [-0.1, -0.05) is 15.9 Å². The highest BCUT2D eigenvalue weighted by molar-refractivity contribution is 9.10. The van der Waals surface area contributed by atoms with Gasteiger partial charge in [0.25, 0.3) is 5.22 Å². The minimum atomic E-state index is -0.973. The first-order valence-corrected chi connectivity index (χ1v) is 6.73. The van der Waals surface area contributed by atoms with Crippen LogP contribution in [0, 0.1) is 13.8 Å². The van der Waals surface area contributed by atoms with Crippen molar-refractivity contribution in [2.45, 2.75) is 24.0 Å². The zero-order chi connectivity index (χ0) is 13.3. The Morgan fingerprint density at radius 2 is 2.17 bits per heavy atom. The second kappa shape index (κ2) is 5.16. The fraction of sp³-hybridized carbons (Fsp3) is 0.167. The summed E-state index contributed by atoms with van der Waals surface area (Å²) in [6, 6.07) is 5.08. The molecule has 18 heavy (non-hydrogen) atoms. The van der Waals surface area contributed by atoms with Crippen LogP contribution in [-0.2, 0) is 0 Å². The summed E-state index contributed by atoms with van der Waals surface area (Å²) in [6.45, 7) is 3.68. The minimum Gasteiger partial charge on any atom is -0.478 e. The van der Waals surface area contributed by atoms with Gasteiger partial charge in [0.05, 0.1) is 11.3 Å². The molecule has 2 rings (SSSR count). The van der Waals surface area contributed by atoms with Gasteiger partial charge in [-0.05, 0) is 43.8 Å². The van der Waals surface area contributed by atoms with Crippen LogP contribution >= 0.6 is 27.7 Å². The molecular weight excluding hydrogens is 318 g/mol. The van der Waals surface area contributed by atoms with Crippen LogP contribution in [0.25, 0.3) is 0 Å². The van der Waals surface area contributed by atoms with Crippen LogP contribution in [-0.4, -0.2) is 16.1 Å². The van der Waals surface area contributed by atoms with Crippen molar-refractivity contribution < 1.29 is 14.3 Å². The van der Waals surface area contributed by atoms with Gasteiger partial charge in [-0.2, -0.15) is 0 Å². The van der Waals surface area contributed by atoms with Gasteiger partial charge < -0.3 is 9.52 Å². The van der Waals surface area contributed by atoms with Crippen LogP contribution in [0.15, 0.2) is 37.2 Å². The number of hydrogen-bond donors (Lipinski definition) is 1. The smallest absolute Gasteiger partial charge is 0.336 e. The summed E-state index contributed by atoms with van der Waals surface area (Å²) in [5.41, 5.74) is 1.04. The maximum atomic E-state index is 11.2. The van der Waals surface area contributed by atoms with E-state index in [0.29, 0.717) is 10.1 Å².